The van der Waals surface area contributed by atoms with E-state index in [0.29, 0.717) is 23.6 Å². The number of hydrogen-bond acceptors (Lipinski definition) is 6. The molecule has 0 saturated heterocycles. The largest absolute Gasteiger partial charge is 0.490 e. The molecule has 0 saturated carbocycles. The number of pyridine rings is 1. The smallest absolute Gasteiger partial charge is 0.340 e. The van der Waals surface area contributed by atoms with Crippen LogP contribution < -0.4 is 10.1 Å². The van der Waals surface area contributed by atoms with Gasteiger partial charge in [-0.25, -0.2) is 9.18 Å². The van der Waals surface area contributed by atoms with Gasteiger partial charge in [0.2, 0.25) is 0 Å². The first kappa shape index (κ1) is 30.2. The van der Waals surface area contributed by atoms with Crippen molar-refractivity contribution >= 4 is 5.97 Å². The molecule has 0 unspecified atom stereocenters. The number of fused-ring (bicyclic) bond motifs is 2. The Kier molecular flexibility index (Phi) is 8.46. The summed E-state index contributed by atoms with van der Waals surface area (Å²) in [6.07, 6.45) is 1.07. The van der Waals surface area contributed by atoms with Crippen LogP contribution in [0, 0.1) is 26.6 Å². The molecule has 0 fully saturated rings. The van der Waals surface area contributed by atoms with Crippen molar-refractivity contribution in [1.82, 2.24) is 10.3 Å². The van der Waals surface area contributed by atoms with E-state index >= 15 is 4.39 Å². The summed E-state index contributed by atoms with van der Waals surface area (Å²) in [5, 5.41) is 3.44. The van der Waals surface area contributed by atoms with Gasteiger partial charge in [0.25, 0.3) is 0 Å². The third-order valence-corrected chi connectivity index (χ3v) is 7.99. The van der Waals surface area contributed by atoms with E-state index in [0.717, 1.165) is 71.4 Å². The fourth-order valence-corrected chi connectivity index (χ4v) is 6.24. The molecule has 1 aromatic heterocycles. The van der Waals surface area contributed by atoms with Crippen molar-refractivity contribution in [3.8, 4) is 28.0 Å². The van der Waals surface area contributed by atoms with Crippen molar-refractivity contribution in [3.05, 3.63) is 69.3 Å². The van der Waals surface area contributed by atoms with Gasteiger partial charge in [-0.05, 0) is 121 Å². The molecule has 1 N–H and O–H groups in total. The summed E-state index contributed by atoms with van der Waals surface area (Å²) in [4.78, 5) is 18.8. The third kappa shape index (κ3) is 5.95. The van der Waals surface area contributed by atoms with Gasteiger partial charge in [0.05, 0.1) is 18.3 Å². The molecular formula is C35H43FN2O4. The molecule has 6 nitrogen and oxygen atoms in total. The first-order chi connectivity index (χ1) is 19.9. The zero-order valence-corrected chi connectivity index (χ0v) is 26.2. The second kappa shape index (κ2) is 11.8. The summed E-state index contributed by atoms with van der Waals surface area (Å²) in [5.41, 5.74) is 9.08. The van der Waals surface area contributed by atoms with Crippen molar-refractivity contribution in [2.75, 3.05) is 13.2 Å². The molecule has 3 heterocycles. The van der Waals surface area contributed by atoms with E-state index < -0.39 is 23.5 Å². The van der Waals surface area contributed by atoms with E-state index in [1.54, 1.807) is 6.07 Å². The van der Waals surface area contributed by atoms with Gasteiger partial charge in [0, 0.05) is 34.6 Å². The van der Waals surface area contributed by atoms with Crippen LogP contribution in [0.5, 0.6) is 5.75 Å². The predicted octanol–water partition coefficient (Wildman–Crippen LogP) is 7.26. The lowest BCUT2D eigenvalue weighted by molar-refractivity contribution is -0.171. The number of esters is 1. The van der Waals surface area contributed by atoms with Crippen LogP contribution in [0.25, 0.3) is 22.3 Å². The monoisotopic (exact) mass is 574 g/mol. The number of benzene rings is 2. The van der Waals surface area contributed by atoms with E-state index in [1.807, 2.05) is 55.4 Å². The highest BCUT2D eigenvalue weighted by molar-refractivity contribution is 5.93. The van der Waals surface area contributed by atoms with Gasteiger partial charge in [-0.1, -0.05) is 18.2 Å². The maximum absolute atomic E-state index is 15.8. The molecule has 0 radical (unpaired) electrons. The lowest BCUT2D eigenvalue weighted by Gasteiger charge is -2.31. The molecule has 2 aromatic carbocycles. The second-order valence-corrected chi connectivity index (χ2v) is 12.7. The fraction of sp³-hybridized carbons (Fsp3) is 0.486. The Morgan fingerprint density at radius 1 is 1.05 bits per heavy atom. The normalized spacial score (nSPS) is 15.6. The van der Waals surface area contributed by atoms with Crippen molar-refractivity contribution < 1.29 is 23.4 Å². The summed E-state index contributed by atoms with van der Waals surface area (Å²) < 4.78 is 33.9. The van der Waals surface area contributed by atoms with Crippen molar-refractivity contribution in [2.24, 2.45) is 0 Å². The summed E-state index contributed by atoms with van der Waals surface area (Å²) >= 11 is 0. The van der Waals surface area contributed by atoms with E-state index in [9.17, 15) is 4.79 Å². The minimum absolute atomic E-state index is 0.330. The molecule has 42 heavy (non-hydrogen) atoms. The molecule has 0 amide bonds. The highest BCUT2D eigenvalue weighted by Crippen LogP contribution is 2.47. The number of rotatable bonds is 6. The molecule has 2 aliphatic rings. The molecule has 7 heteroatoms. The number of hydrogen-bond donors (Lipinski definition) is 1. The quantitative estimate of drug-likeness (QED) is 0.313. The Morgan fingerprint density at radius 3 is 2.52 bits per heavy atom. The number of carbonyl (C=O) groups excluding carboxylic acids is 1. The summed E-state index contributed by atoms with van der Waals surface area (Å²) in [6, 6.07) is 8.05. The zero-order chi connectivity index (χ0) is 30.3. The zero-order valence-electron chi connectivity index (χ0n) is 26.2. The van der Waals surface area contributed by atoms with Crippen LogP contribution in [-0.2, 0) is 33.7 Å². The minimum atomic E-state index is -1.06. The summed E-state index contributed by atoms with van der Waals surface area (Å²) in [5.74, 6) is -0.559. The minimum Gasteiger partial charge on any atom is -0.490 e. The average molecular weight is 575 g/mol. The molecule has 0 aliphatic carbocycles. The maximum Gasteiger partial charge on any atom is 0.340 e. The second-order valence-electron chi connectivity index (χ2n) is 12.7. The van der Waals surface area contributed by atoms with Gasteiger partial charge in [0.15, 0.2) is 17.7 Å². The van der Waals surface area contributed by atoms with Gasteiger partial charge in [0.1, 0.15) is 0 Å². The number of carbonyl (C=O) groups is 1. The van der Waals surface area contributed by atoms with Crippen LogP contribution in [0.1, 0.15) is 86.3 Å². The topological polar surface area (TPSA) is 69.7 Å². The Hall–Kier alpha value is -3.29. The van der Waals surface area contributed by atoms with E-state index in [2.05, 4.69) is 23.5 Å². The number of halogens is 1. The van der Waals surface area contributed by atoms with Crippen molar-refractivity contribution in [3.63, 3.8) is 0 Å². The van der Waals surface area contributed by atoms with Crippen molar-refractivity contribution in [1.29, 1.82) is 0 Å². The fourth-order valence-electron chi connectivity index (χ4n) is 6.24. The van der Waals surface area contributed by atoms with Gasteiger partial charge < -0.3 is 19.5 Å². The molecule has 0 bridgehead atoms. The van der Waals surface area contributed by atoms with Crippen LogP contribution in [0.3, 0.4) is 0 Å². The van der Waals surface area contributed by atoms with Crippen LogP contribution >= 0.6 is 0 Å². The number of nitrogens with one attached hydrogen (secondary N) is 1. The summed E-state index contributed by atoms with van der Waals surface area (Å²) in [7, 11) is 0. The molecule has 5 rings (SSSR count). The first-order valence-corrected chi connectivity index (χ1v) is 15.0. The van der Waals surface area contributed by atoms with E-state index in [4.69, 9.17) is 19.2 Å². The highest BCUT2D eigenvalue weighted by Gasteiger charge is 2.36. The standard InChI is InChI=1S/C35H43FN2O4/c1-19(2)41-34(39)33(42-35(6,7)8)30-22(5)38-21(4)29(24-11-12-25-18-37-14-13-23(25)16-24)31(30)27-17-28(36)32-26(20(27)3)10-9-15-40-32/h11-12,16-17,19,33,37H,9-10,13-15,18H2,1-8H3/t33-/m0/s1. The molecule has 224 valence electrons. The number of nitrogens with zero attached hydrogens (tertiary/aromatic N) is 1. The lowest BCUT2D eigenvalue weighted by Crippen LogP contribution is -2.31. The van der Waals surface area contributed by atoms with Crippen molar-refractivity contribution in [2.45, 2.75) is 99.0 Å². The Morgan fingerprint density at radius 2 is 1.81 bits per heavy atom. The van der Waals surface area contributed by atoms with Crippen LogP contribution in [0.4, 0.5) is 4.39 Å². The predicted molar refractivity (Wildman–Crippen MR) is 163 cm³/mol. The van der Waals surface area contributed by atoms with Crippen LogP contribution in [0.2, 0.25) is 0 Å². The van der Waals surface area contributed by atoms with Gasteiger partial charge in [-0.3, -0.25) is 4.98 Å². The Balaban J connectivity index is 1.87. The molecule has 0 spiro atoms. The number of ether oxygens (including phenoxy) is 3. The molecular weight excluding hydrogens is 531 g/mol. The average Bonchev–Trinajstić information content (AvgIpc) is 2.92. The number of aromatic nitrogens is 1. The van der Waals surface area contributed by atoms with Crippen LogP contribution in [0.15, 0.2) is 24.3 Å². The molecule has 2 aliphatic heterocycles. The van der Waals surface area contributed by atoms with E-state index in [-0.39, 0.29) is 6.10 Å². The first-order valence-electron chi connectivity index (χ1n) is 15.0. The Labute approximate surface area is 249 Å². The lowest BCUT2D eigenvalue weighted by atomic mass is 9.82. The SMILES string of the molecule is Cc1nc(C)c([C@H](OC(C)(C)C)C(=O)OC(C)C)c(-c2cc(F)c3c(c2C)CCCO3)c1-c1ccc2c(c1)CCNC2. The van der Waals surface area contributed by atoms with Gasteiger partial charge >= 0.3 is 5.97 Å². The maximum atomic E-state index is 15.8. The van der Waals surface area contributed by atoms with Gasteiger partial charge in [-0.2, -0.15) is 0 Å². The molecule has 1 atom stereocenters. The highest BCUT2D eigenvalue weighted by atomic mass is 19.1. The third-order valence-electron chi connectivity index (χ3n) is 7.99. The summed E-state index contributed by atoms with van der Waals surface area (Å²) in [6.45, 7) is 17.5. The Bertz CT molecular complexity index is 1520. The van der Waals surface area contributed by atoms with E-state index in [1.165, 1.54) is 11.1 Å². The van der Waals surface area contributed by atoms with Gasteiger partial charge in [-0.15, -0.1) is 0 Å². The molecule has 3 aromatic rings. The van der Waals surface area contributed by atoms with Crippen LogP contribution in [-0.4, -0.2) is 35.8 Å². The number of aryl methyl sites for hydroxylation is 2.